The van der Waals surface area contributed by atoms with E-state index in [-0.39, 0.29) is 17.9 Å². The first kappa shape index (κ1) is 17.6. The van der Waals surface area contributed by atoms with Gasteiger partial charge in [-0.25, -0.2) is 0 Å². The second-order valence-electron chi connectivity index (χ2n) is 5.00. The van der Waals surface area contributed by atoms with E-state index < -0.39 is 18.6 Å². The number of amides is 2. The lowest BCUT2D eigenvalue weighted by atomic mass is 10.2. The highest BCUT2D eigenvalue weighted by Crippen LogP contribution is 2.14. The Kier molecular flexibility index (Phi) is 5.62. The van der Waals surface area contributed by atoms with Crippen molar-refractivity contribution in [1.82, 2.24) is 5.32 Å². The Morgan fingerprint density at radius 1 is 1.08 bits per heavy atom. The second-order valence-corrected chi connectivity index (χ2v) is 5.00. The van der Waals surface area contributed by atoms with Gasteiger partial charge in [-0.05, 0) is 36.4 Å². The number of nitrogens with one attached hydrogen (secondary N) is 2. The van der Waals surface area contributed by atoms with Crippen molar-refractivity contribution in [2.75, 3.05) is 11.9 Å². The van der Waals surface area contributed by atoms with Crippen molar-refractivity contribution in [3.63, 3.8) is 0 Å². The van der Waals surface area contributed by atoms with Gasteiger partial charge in [0.2, 0.25) is 5.91 Å². The summed E-state index contributed by atoms with van der Waals surface area (Å²) in [6, 6.07) is 9.08. The number of anilines is 1. The highest BCUT2D eigenvalue weighted by atomic mass is 19.4. The smallest absolute Gasteiger partial charge is 0.405 e. The molecular formula is C16H15F3N2O3. The molecule has 2 N–H and O–H groups in total. The summed E-state index contributed by atoms with van der Waals surface area (Å²) in [5.41, 5.74) is 0.527. The molecule has 0 saturated carbocycles. The van der Waals surface area contributed by atoms with Crippen LogP contribution in [0.1, 0.15) is 22.5 Å². The number of alkyl halides is 3. The number of hydrogen-bond donors (Lipinski definition) is 2. The Hall–Kier alpha value is -2.77. The Balaban J connectivity index is 1.82. The molecule has 0 unspecified atom stereocenters. The van der Waals surface area contributed by atoms with Gasteiger partial charge in [-0.3, -0.25) is 9.59 Å². The maximum absolute atomic E-state index is 12.0. The van der Waals surface area contributed by atoms with Crippen LogP contribution in [0, 0.1) is 0 Å². The van der Waals surface area contributed by atoms with Crippen molar-refractivity contribution in [2.24, 2.45) is 0 Å². The molecule has 0 spiro atoms. The first-order valence-electron chi connectivity index (χ1n) is 7.11. The number of furan rings is 1. The molecule has 2 rings (SSSR count). The van der Waals surface area contributed by atoms with Gasteiger partial charge in [-0.2, -0.15) is 13.2 Å². The first-order chi connectivity index (χ1) is 11.3. The van der Waals surface area contributed by atoms with Crippen molar-refractivity contribution in [3.05, 3.63) is 54.0 Å². The highest BCUT2D eigenvalue weighted by Gasteiger charge is 2.27. The van der Waals surface area contributed by atoms with Gasteiger partial charge in [0, 0.05) is 24.1 Å². The van der Waals surface area contributed by atoms with Gasteiger partial charge < -0.3 is 15.1 Å². The fourth-order valence-electron chi connectivity index (χ4n) is 1.90. The number of hydrogen-bond acceptors (Lipinski definition) is 3. The fraction of sp³-hybridized carbons (Fsp3) is 0.250. The first-order valence-corrected chi connectivity index (χ1v) is 7.11. The lowest BCUT2D eigenvalue weighted by Gasteiger charge is -2.09. The van der Waals surface area contributed by atoms with E-state index in [1.807, 2.05) is 0 Å². The third kappa shape index (κ3) is 5.79. The molecule has 0 atom stereocenters. The van der Waals surface area contributed by atoms with E-state index in [1.54, 1.807) is 17.4 Å². The van der Waals surface area contributed by atoms with Crippen molar-refractivity contribution < 1.29 is 27.2 Å². The van der Waals surface area contributed by atoms with Crippen LogP contribution in [-0.4, -0.2) is 24.5 Å². The molecule has 0 aliphatic carbocycles. The number of carbonyl (C=O) groups is 2. The number of rotatable bonds is 6. The molecule has 1 aromatic heterocycles. The summed E-state index contributed by atoms with van der Waals surface area (Å²) in [5, 5.41) is 4.41. The SMILES string of the molecule is O=C(CCc1ccco1)Nc1ccc(C(=O)NCC(F)(F)F)cc1. The van der Waals surface area contributed by atoms with E-state index in [4.69, 9.17) is 4.42 Å². The van der Waals surface area contributed by atoms with Crippen LogP contribution in [0.5, 0.6) is 0 Å². The van der Waals surface area contributed by atoms with Crippen LogP contribution in [0.2, 0.25) is 0 Å². The summed E-state index contributed by atoms with van der Waals surface area (Å²) in [5.74, 6) is -0.370. The maximum atomic E-state index is 12.0. The van der Waals surface area contributed by atoms with Crippen LogP contribution in [0.3, 0.4) is 0 Å². The topological polar surface area (TPSA) is 71.3 Å². The van der Waals surface area contributed by atoms with Gasteiger partial charge in [0.25, 0.3) is 5.91 Å². The number of carbonyl (C=O) groups excluding carboxylic acids is 2. The van der Waals surface area contributed by atoms with E-state index in [9.17, 15) is 22.8 Å². The van der Waals surface area contributed by atoms with Crippen LogP contribution in [0.15, 0.2) is 47.1 Å². The minimum absolute atomic E-state index is 0.0767. The molecule has 0 saturated heterocycles. The minimum atomic E-state index is -4.46. The van der Waals surface area contributed by atoms with Gasteiger partial charge in [0.15, 0.2) is 0 Å². The molecule has 24 heavy (non-hydrogen) atoms. The third-order valence-corrected chi connectivity index (χ3v) is 3.06. The van der Waals surface area contributed by atoms with Crippen LogP contribution >= 0.6 is 0 Å². The summed E-state index contributed by atoms with van der Waals surface area (Å²) in [7, 11) is 0. The van der Waals surface area contributed by atoms with Crippen molar-refractivity contribution in [2.45, 2.75) is 19.0 Å². The predicted molar refractivity (Wildman–Crippen MR) is 80.5 cm³/mol. The van der Waals surface area contributed by atoms with E-state index in [1.165, 1.54) is 30.5 Å². The molecule has 2 aromatic rings. The summed E-state index contributed by atoms with van der Waals surface area (Å²) in [6.45, 7) is -1.39. The zero-order valence-corrected chi connectivity index (χ0v) is 12.5. The Labute approximate surface area is 135 Å². The molecule has 8 heteroatoms. The van der Waals surface area contributed by atoms with Gasteiger partial charge >= 0.3 is 6.18 Å². The lowest BCUT2D eigenvalue weighted by molar-refractivity contribution is -0.123. The normalized spacial score (nSPS) is 11.1. The van der Waals surface area contributed by atoms with Crippen molar-refractivity contribution in [1.29, 1.82) is 0 Å². The number of benzene rings is 1. The van der Waals surface area contributed by atoms with Gasteiger partial charge in [0.1, 0.15) is 12.3 Å². The number of halogens is 3. The van der Waals surface area contributed by atoms with E-state index >= 15 is 0 Å². The van der Waals surface area contributed by atoms with Crippen LogP contribution < -0.4 is 10.6 Å². The monoisotopic (exact) mass is 340 g/mol. The molecule has 0 bridgehead atoms. The molecule has 2 amide bonds. The zero-order chi connectivity index (χ0) is 17.6. The van der Waals surface area contributed by atoms with Crippen molar-refractivity contribution >= 4 is 17.5 Å². The average molecular weight is 340 g/mol. The van der Waals surface area contributed by atoms with Crippen molar-refractivity contribution in [3.8, 4) is 0 Å². The molecular weight excluding hydrogens is 325 g/mol. The standard InChI is InChI=1S/C16H15F3N2O3/c17-16(18,19)10-20-15(23)11-3-5-12(6-4-11)21-14(22)8-7-13-2-1-9-24-13/h1-6,9H,7-8,10H2,(H,20,23)(H,21,22). The summed E-state index contributed by atoms with van der Waals surface area (Å²) in [6.07, 6.45) is -2.26. The Morgan fingerprint density at radius 2 is 1.79 bits per heavy atom. The van der Waals surface area contributed by atoms with Gasteiger partial charge in [0.05, 0.1) is 6.26 Å². The van der Waals surface area contributed by atoms with Gasteiger partial charge in [-0.15, -0.1) is 0 Å². The van der Waals surface area contributed by atoms with Crippen LogP contribution in [-0.2, 0) is 11.2 Å². The average Bonchev–Trinajstić information content (AvgIpc) is 3.04. The molecule has 0 aliphatic heterocycles. The highest BCUT2D eigenvalue weighted by molar-refractivity contribution is 5.95. The molecule has 5 nitrogen and oxygen atoms in total. The summed E-state index contributed by atoms with van der Waals surface area (Å²) < 4.78 is 41.3. The molecule has 128 valence electrons. The molecule has 1 aromatic carbocycles. The van der Waals surface area contributed by atoms with Crippen LogP contribution in [0.4, 0.5) is 18.9 Å². The molecule has 1 heterocycles. The Bertz CT molecular complexity index is 680. The number of aryl methyl sites for hydroxylation is 1. The zero-order valence-electron chi connectivity index (χ0n) is 12.5. The minimum Gasteiger partial charge on any atom is -0.469 e. The second kappa shape index (κ2) is 7.67. The molecule has 0 fully saturated rings. The lowest BCUT2D eigenvalue weighted by Crippen LogP contribution is -2.33. The predicted octanol–water partition coefficient (Wildman–Crippen LogP) is 3.14. The summed E-state index contributed by atoms with van der Waals surface area (Å²) >= 11 is 0. The van der Waals surface area contributed by atoms with E-state index in [0.29, 0.717) is 17.9 Å². The molecule has 0 radical (unpaired) electrons. The summed E-state index contributed by atoms with van der Waals surface area (Å²) in [4.78, 5) is 23.3. The molecule has 0 aliphatic rings. The quantitative estimate of drug-likeness (QED) is 0.849. The fourth-order valence-corrected chi connectivity index (χ4v) is 1.90. The largest absolute Gasteiger partial charge is 0.469 e. The van der Waals surface area contributed by atoms with Gasteiger partial charge in [-0.1, -0.05) is 0 Å². The maximum Gasteiger partial charge on any atom is 0.405 e. The Morgan fingerprint density at radius 3 is 2.38 bits per heavy atom. The third-order valence-electron chi connectivity index (χ3n) is 3.06. The van der Waals surface area contributed by atoms with E-state index in [2.05, 4.69) is 5.32 Å². The van der Waals surface area contributed by atoms with Crippen LogP contribution in [0.25, 0.3) is 0 Å². The van der Waals surface area contributed by atoms with E-state index in [0.717, 1.165) is 0 Å².